The Labute approximate surface area is 137 Å². The third-order valence-corrected chi connectivity index (χ3v) is 3.94. The van der Waals surface area contributed by atoms with Gasteiger partial charge in [0.05, 0.1) is 27.8 Å². The van der Waals surface area contributed by atoms with E-state index >= 15 is 0 Å². The Morgan fingerprint density at radius 3 is 2.83 bits per heavy atom. The van der Waals surface area contributed by atoms with Crippen LogP contribution in [0.4, 0.5) is 5.82 Å². The normalized spacial score (nSPS) is 11.1. The number of rotatable bonds is 3. The summed E-state index contributed by atoms with van der Waals surface area (Å²) in [5, 5.41) is 0.750. The van der Waals surface area contributed by atoms with Crippen LogP contribution in [0.2, 0.25) is 5.02 Å². The highest BCUT2D eigenvalue weighted by Gasteiger charge is 2.16. The molecule has 0 aliphatic rings. The number of aromatic nitrogens is 3. The van der Waals surface area contributed by atoms with Gasteiger partial charge in [-0.15, -0.1) is 0 Å². The van der Waals surface area contributed by atoms with E-state index < -0.39 is 0 Å². The van der Waals surface area contributed by atoms with E-state index in [1.807, 2.05) is 6.92 Å². The van der Waals surface area contributed by atoms with E-state index in [0.717, 1.165) is 5.56 Å². The van der Waals surface area contributed by atoms with E-state index in [4.69, 9.17) is 23.1 Å². The van der Waals surface area contributed by atoms with Crippen LogP contribution in [0.1, 0.15) is 11.4 Å². The lowest BCUT2D eigenvalue weighted by Gasteiger charge is -2.15. The molecule has 0 bridgehead atoms. The summed E-state index contributed by atoms with van der Waals surface area (Å²) in [4.78, 5) is 21.7. The molecule has 3 rings (SSSR count). The monoisotopic (exact) mass is 329 g/mol. The molecule has 0 saturated heterocycles. The molecule has 23 heavy (non-hydrogen) atoms. The molecule has 0 aliphatic heterocycles. The summed E-state index contributed by atoms with van der Waals surface area (Å²) >= 11 is 6.20. The highest BCUT2D eigenvalue weighted by atomic mass is 35.5. The standard InChI is InChI=1S/C16H16ClN5O/c1-9-7-13(19)20-8-12(9)22-14(5-6-18)21-11-4-2-3-10(17)15(11)16(22)23/h2-4,7-8H,5-6,18H2,1H3,(H2,19,20). The molecule has 1 aromatic carbocycles. The van der Waals surface area contributed by atoms with Crippen molar-refractivity contribution in [1.82, 2.24) is 14.5 Å². The molecule has 0 fully saturated rings. The third-order valence-electron chi connectivity index (χ3n) is 3.63. The lowest BCUT2D eigenvalue weighted by atomic mass is 10.2. The molecular formula is C16H16ClN5O. The van der Waals surface area contributed by atoms with Crippen molar-refractivity contribution in [2.24, 2.45) is 5.73 Å². The van der Waals surface area contributed by atoms with E-state index in [1.54, 1.807) is 30.5 Å². The van der Waals surface area contributed by atoms with Crippen LogP contribution in [-0.2, 0) is 6.42 Å². The molecule has 6 nitrogen and oxygen atoms in total. The predicted molar refractivity (Wildman–Crippen MR) is 92.1 cm³/mol. The van der Waals surface area contributed by atoms with Crippen LogP contribution in [0.15, 0.2) is 35.3 Å². The van der Waals surface area contributed by atoms with Crippen molar-refractivity contribution < 1.29 is 0 Å². The van der Waals surface area contributed by atoms with Crippen molar-refractivity contribution in [1.29, 1.82) is 0 Å². The van der Waals surface area contributed by atoms with Crippen LogP contribution in [0.5, 0.6) is 0 Å². The van der Waals surface area contributed by atoms with Gasteiger partial charge < -0.3 is 11.5 Å². The molecule has 0 spiro atoms. The summed E-state index contributed by atoms with van der Waals surface area (Å²) in [5.41, 5.74) is 13.1. The summed E-state index contributed by atoms with van der Waals surface area (Å²) < 4.78 is 1.52. The van der Waals surface area contributed by atoms with Crippen molar-refractivity contribution in [3.63, 3.8) is 0 Å². The molecule has 3 aromatic rings. The minimum Gasteiger partial charge on any atom is -0.384 e. The van der Waals surface area contributed by atoms with Crippen LogP contribution < -0.4 is 17.0 Å². The molecule has 0 unspecified atom stereocenters. The number of benzene rings is 1. The second-order valence-electron chi connectivity index (χ2n) is 5.24. The Hall–Kier alpha value is -2.44. The van der Waals surface area contributed by atoms with Gasteiger partial charge in [0.15, 0.2) is 0 Å². The van der Waals surface area contributed by atoms with Crippen LogP contribution >= 0.6 is 11.6 Å². The first-order chi connectivity index (χ1) is 11.0. The highest BCUT2D eigenvalue weighted by Crippen LogP contribution is 2.21. The quantitative estimate of drug-likeness (QED) is 0.763. The van der Waals surface area contributed by atoms with Gasteiger partial charge >= 0.3 is 0 Å². The summed E-state index contributed by atoms with van der Waals surface area (Å²) in [7, 11) is 0. The number of pyridine rings is 1. The largest absolute Gasteiger partial charge is 0.384 e. The van der Waals surface area contributed by atoms with Gasteiger partial charge in [-0.05, 0) is 37.2 Å². The number of anilines is 1. The van der Waals surface area contributed by atoms with Gasteiger partial charge in [0, 0.05) is 6.42 Å². The zero-order valence-corrected chi connectivity index (χ0v) is 13.3. The minimum absolute atomic E-state index is 0.237. The number of hydrogen-bond acceptors (Lipinski definition) is 5. The zero-order valence-electron chi connectivity index (χ0n) is 12.6. The van der Waals surface area contributed by atoms with Gasteiger partial charge in [-0.2, -0.15) is 0 Å². The molecule has 4 N–H and O–H groups in total. The van der Waals surface area contributed by atoms with E-state index in [2.05, 4.69) is 9.97 Å². The maximum atomic E-state index is 13.0. The zero-order chi connectivity index (χ0) is 16.6. The summed E-state index contributed by atoms with van der Waals surface area (Å²) in [5.74, 6) is 0.966. The van der Waals surface area contributed by atoms with Crippen molar-refractivity contribution in [2.75, 3.05) is 12.3 Å². The van der Waals surface area contributed by atoms with Gasteiger partial charge in [0.25, 0.3) is 5.56 Å². The van der Waals surface area contributed by atoms with Crippen LogP contribution in [0.3, 0.4) is 0 Å². The van der Waals surface area contributed by atoms with Gasteiger partial charge in [0.1, 0.15) is 11.6 Å². The van der Waals surface area contributed by atoms with Gasteiger partial charge in [0.2, 0.25) is 0 Å². The molecule has 0 amide bonds. The fraction of sp³-hybridized carbons (Fsp3) is 0.188. The average Bonchev–Trinajstić information content (AvgIpc) is 2.49. The lowest BCUT2D eigenvalue weighted by molar-refractivity contribution is 0.791. The van der Waals surface area contributed by atoms with Gasteiger partial charge in [-0.3, -0.25) is 9.36 Å². The lowest BCUT2D eigenvalue weighted by Crippen LogP contribution is -2.26. The molecule has 2 heterocycles. The SMILES string of the molecule is Cc1cc(N)ncc1-n1c(CCN)nc2cccc(Cl)c2c1=O. The molecule has 2 aromatic heterocycles. The number of fused-ring (bicyclic) bond motifs is 1. The van der Waals surface area contributed by atoms with Gasteiger partial charge in [-0.25, -0.2) is 9.97 Å². The number of nitrogens with two attached hydrogens (primary N) is 2. The predicted octanol–water partition coefficient (Wildman–Crippen LogP) is 1.83. The maximum Gasteiger partial charge on any atom is 0.267 e. The Morgan fingerprint density at radius 1 is 1.35 bits per heavy atom. The topological polar surface area (TPSA) is 99.8 Å². The Balaban J connectivity index is 2.42. The number of halogens is 1. The van der Waals surface area contributed by atoms with Crippen LogP contribution in [0.25, 0.3) is 16.6 Å². The summed E-state index contributed by atoms with van der Waals surface area (Å²) in [6.07, 6.45) is 2.03. The van der Waals surface area contributed by atoms with E-state index in [-0.39, 0.29) is 5.56 Å². The van der Waals surface area contributed by atoms with Crippen LogP contribution in [-0.4, -0.2) is 21.1 Å². The Bertz CT molecular complexity index is 951. The molecular weight excluding hydrogens is 314 g/mol. The van der Waals surface area contributed by atoms with Crippen molar-refractivity contribution in [2.45, 2.75) is 13.3 Å². The number of aryl methyl sites for hydroxylation is 1. The summed E-state index contributed by atoms with van der Waals surface area (Å²) in [6.45, 7) is 2.24. The number of hydrogen-bond donors (Lipinski definition) is 2. The van der Waals surface area contributed by atoms with Crippen molar-refractivity contribution in [3.8, 4) is 5.69 Å². The Morgan fingerprint density at radius 2 is 2.13 bits per heavy atom. The van der Waals surface area contributed by atoms with Gasteiger partial charge in [-0.1, -0.05) is 17.7 Å². The first-order valence-electron chi connectivity index (χ1n) is 7.15. The Kier molecular flexibility index (Phi) is 4.02. The highest BCUT2D eigenvalue weighted by molar-refractivity contribution is 6.35. The molecule has 0 aliphatic carbocycles. The summed E-state index contributed by atoms with van der Waals surface area (Å²) in [6, 6.07) is 6.92. The smallest absolute Gasteiger partial charge is 0.267 e. The first-order valence-corrected chi connectivity index (χ1v) is 7.53. The second kappa shape index (κ2) is 5.98. The molecule has 0 radical (unpaired) electrons. The average molecular weight is 330 g/mol. The number of nitrogen functional groups attached to an aromatic ring is 1. The minimum atomic E-state index is -0.237. The molecule has 0 atom stereocenters. The third kappa shape index (κ3) is 2.67. The maximum absolute atomic E-state index is 13.0. The van der Waals surface area contributed by atoms with Crippen molar-refractivity contribution in [3.05, 3.63) is 57.2 Å². The molecule has 0 saturated carbocycles. The van der Waals surface area contributed by atoms with E-state index in [0.29, 0.717) is 46.2 Å². The first kappa shape index (κ1) is 15.5. The molecule has 118 valence electrons. The van der Waals surface area contributed by atoms with Crippen LogP contribution in [0, 0.1) is 6.92 Å². The second-order valence-corrected chi connectivity index (χ2v) is 5.64. The molecule has 7 heteroatoms. The van der Waals surface area contributed by atoms with E-state index in [9.17, 15) is 4.79 Å². The fourth-order valence-electron chi connectivity index (χ4n) is 2.59. The number of nitrogens with zero attached hydrogens (tertiary/aromatic N) is 3. The van der Waals surface area contributed by atoms with E-state index in [1.165, 1.54) is 4.57 Å². The van der Waals surface area contributed by atoms with Crippen molar-refractivity contribution >= 4 is 28.3 Å². The fourth-order valence-corrected chi connectivity index (χ4v) is 2.84.